The Kier molecular flexibility index (Phi) is 3.63. The molecular formula is C14H11FN2S. The predicted molar refractivity (Wildman–Crippen MR) is 68.9 cm³/mol. The van der Waals surface area contributed by atoms with Gasteiger partial charge < -0.3 is 0 Å². The molecule has 0 spiro atoms. The number of aryl methyl sites for hydroxylation is 2. The average molecular weight is 258 g/mol. The van der Waals surface area contributed by atoms with E-state index in [2.05, 4.69) is 4.98 Å². The maximum absolute atomic E-state index is 13.5. The molecule has 18 heavy (non-hydrogen) atoms. The number of halogens is 1. The second-order valence-corrected chi connectivity index (χ2v) is 5.01. The third kappa shape index (κ3) is 2.69. The van der Waals surface area contributed by atoms with Crippen molar-refractivity contribution in [3.05, 3.63) is 53.0 Å². The zero-order chi connectivity index (χ0) is 13.1. The highest BCUT2D eigenvalue weighted by Gasteiger charge is 2.10. The van der Waals surface area contributed by atoms with Gasteiger partial charge in [-0.1, -0.05) is 17.8 Å². The fraction of sp³-hybridized carbons (Fsp3) is 0.143. The van der Waals surface area contributed by atoms with Crippen molar-refractivity contribution in [2.24, 2.45) is 0 Å². The van der Waals surface area contributed by atoms with Gasteiger partial charge in [-0.25, -0.2) is 9.37 Å². The summed E-state index contributed by atoms with van der Waals surface area (Å²) in [5, 5.41) is 9.74. The predicted octanol–water partition coefficient (Wildman–Crippen LogP) is 3.86. The molecule has 2 aromatic rings. The second kappa shape index (κ2) is 5.19. The monoisotopic (exact) mass is 258 g/mol. The van der Waals surface area contributed by atoms with E-state index in [0.29, 0.717) is 4.90 Å². The van der Waals surface area contributed by atoms with Gasteiger partial charge in [-0.2, -0.15) is 5.26 Å². The number of pyridine rings is 1. The Balaban J connectivity index is 2.40. The Morgan fingerprint density at radius 2 is 2.06 bits per heavy atom. The summed E-state index contributed by atoms with van der Waals surface area (Å²) in [7, 11) is 0. The van der Waals surface area contributed by atoms with Crippen LogP contribution < -0.4 is 0 Å². The van der Waals surface area contributed by atoms with Crippen LogP contribution in [0.25, 0.3) is 0 Å². The first-order valence-corrected chi connectivity index (χ1v) is 6.23. The lowest BCUT2D eigenvalue weighted by Gasteiger charge is -2.05. The van der Waals surface area contributed by atoms with E-state index in [0.717, 1.165) is 16.3 Å². The van der Waals surface area contributed by atoms with Gasteiger partial charge in [0.15, 0.2) is 0 Å². The molecule has 4 heteroatoms. The van der Waals surface area contributed by atoms with Crippen LogP contribution in [0, 0.1) is 31.0 Å². The third-order valence-electron chi connectivity index (χ3n) is 2.38. The molecule has 0 aliphatic rings. The number of hydrogen-bond donors (Lipinski definition) is 0. The molecule has 2 rings (SSSR count). The number of aromatic nitrogens is 1. The molecule has 0 amide bonds. The molecule has 0 aliphatic carbocycles. The van der Waals surface area contributed by atoms with Crippen LogP contribution in [0.3, 0.4) is 0 Å². The molecule has 0 radical (unpaired) electrons. The van der Waals surface area contributed by atoms with E-state index >= 15 is 0 Å². The Morgan fingerprint density at radius 1 is 1.28 bits per heavy atom. The molecule has 0 bridgehead atoms. The summed E-state index contributed by atoms with van der Waals surface area (Å²) in [5.74, 6) is -0.494. The smallest absolute Gasteiger partial charge is 0.142 e. The maximum atomic E-state index is 13.5. The van der Waals surface area contributed by atoms with Crippen LogP contribution >= 0.6 is 11.8 Å². The van der Waals surface area contributed by atoms with E-state index in [1.54, 1.807) is 12.1 Å². The van der Waals surface area contributed by atoms with E-state index in [4.69, 9.17) is 5.26 Å². The summed E-state index contributed by atoms with van der Waals surface area (Å²) in [4.78, 5) is 4.96. The lowest BCUT2D eigenvalue weighted by atomic mass is 10.2. The topological polar surface area (TPSA) is 36.7 Å². The van der Waals surface area contributed by atoms with Crippen LogP contribution in [0.5, 0.6) is 0 Å². The molecule has 0 unspecified atom stereocenters. The SMILES string of the molecule is Cc1cc(C)nc(Sc2cccc(F)c2C#N)c1. The lowest BCUT2D eigenvalue weighted by Crippen LogP contribution is -1.90. The highest BCUT2D eigenvalue weighted by molar-refractivity contribution is 7.99. The van der Waals surface area contributed by atoms with E-state index in [-0.39, 0.29) is 5.56 Å². The molecule has 0 aliphatic heterocycles. The molecule has 0 atom stereocenters. The molecule has 1 aromatic heterocycles. The Morgan fingerprint density at radius 3 is 2.72 bits per heavy atom. The number of nitrogens with zero attached hydrogens (tertiary/aromatic N) is 2. The number of benzene rings is 1. The zero-order valence-electron chi connectivity index (χ0n) is 10.1. The quantitative estimate of drug-likeness (QED) is 0.820. The summed E-state index contributed by atoms with van der Waals surface area (Å²) >= 11 is 1.31. The third-order valence-corrected chi connectivity index (χ3v) is 3.35. The van der Waals surface area contributed by atoms with Gasteiger partial charge in [0.1, 0.15) is 22.5 Å². The van der Waals surface area contributed by atoms with Gasteiger partial charge >= 0.3 is 0 Å². The minimum atomic E-state index is -0.494. The molecule has 90 valence electrons. The zero-order valence-corrected chi connectivity index (χ0v) is 10.9. The van der Waals surface area contributed by atoms with E-state index in [9.17, 15) is 4.39 Å². The average Bonchev–Trinajstić information content (AvgIpc) is 2.27. The number of nitriles is 1. The van der Waals surface area contributed by atoms with E-state index in [1.165, 1.54) is 17.8 Å². The Hall–Kier alpha value is -1.86. The summed E-state index contributed by atoms with van der Waals surface area (Å²) in [6.45, 7) is 3.89. The normalized spacial score (nSPS) is 10.1. The molecule has 1 aromatic carbocycles. The molecule has 2 nitrogen and oxygen atoms in total. The standard InChI is InChI=1S/C14H11FN2S/c1-9-6-10(2)17-14(7-9)18-13-5-3-4-12(15)11(13)8-16/h3-7H,1-2H3. The summed E-state index contributed by atoms with van der Waals surface area (Å²) in [5.41, 5.74) is 2.08. The van der Waals surface area contributed by atoms with Crippen molar-refractivity contribution < 1.29 is 4.39 Å². The van der Waals surface area contributed by atoms with Crippen molar-refractivity contribution in [3.8, 4) is 6.07 Å². The molecule has 0 fully saturated rings. The van der Waals surface area contributed by atoms with Crippen molar-refractivity contribution in [1.29, 1.82) is 5.26 Å². The van der Waals surface area contributed by atoms with Gasteiger partial charge in [-0.15, -0.1) is 0 Å². The van der Waals surface area contributed by atoms with Crippen LogP contribution in [0.15, 0.2) is 40.3 Å². The number of rotatable bonds is 2. The van der Waals surface area contributed by atoms with Crippen molar-refractivity contribution in [1.82, 2.24) is 4.98 Å². The summed E-state index contributed by atoms with van der Waals surface area (Å²) in [6, 6.07) is 10.4. The van der Waals surface area contributed by atoms with E-state index < -0.39 is 5.82 Å². The van der Waals surface area contributed by atoms with E-state index in [1.807, 2.05) is 32.0 Å². The first kappa shape index (κ1) is 12.6. The fourth-order valence-corrected chi connectivity index (χ4v) is 2.72. The minimum absolute atomic E-state index is 0.0726. The van der Waals surface area contributed by atoms with Gasteiger partial charge in [-0.3, -0.25) is 0 Å². The largest absolute Gasteiger partial charge is 0.246 e. The first-order chi connectivity index (χ1) is 8.60. The first-order valence-electron chi connectivity index (χ1n) is 5.42. The molecule has 1 heterocycles. The maximum Gasteiger partial charge on any atom is 0.142 e. The fourth-order valence-electron chi connectivity index (χ4n) is 1.67. The Bertz CT molecular complexity index is 612. The van der Waals surface area contributed by atoms with Crippen molar-refractivity contribution >= 4 is 11.8 Å². The van der Waals surface area contributed by atoms with Crippen LogP contribution in [0.1, 0.15) is 16.8 Å². The van der Waals surface area contributed by atoms with Gasteiger partial charge in [0.2, 0.25) is 0 Å². The van der Waals surface area contributed by atoms with Crippen molar-refractivity contribution in [3.63, 3.8) is 0 Å². The summed E-state index contributed by atoms with van der Waals surface area (Å²) in [6.07, 6.45) is 0. The molecule has 0 N–H and O–H groups in total. The van der Waals surface area contributed by atoms with Gasteiger partial charge in [-0.05, 0) is 43.7 Å². The molecular weight excluding hydrogens is 247 g/mol. The van der Waals surface area contributed by atoms with Crippen LogP contribution in [0.2, 0.25) is 0 Å². The molecule has 0 saturated heterocycles. The Labute approximate surface area is 109 Å². The van der Waals surface area contributed by atoms with Crippen molar-refractivity contribution in [2.45, 2.75) is 23.8 Å². The highest BCUT2D eigenvalue weighted by atomic mass is 32.2. The minimum Gasteiger partial charge on any atom is -0.246 e. The molecule has 0 saturated carbocycles. The number of hydrogen-bond acceptors (Lipinski definition) is 3. The second-order valence-electron chi connectivity index (χ2n) is 3.95. The van der Waals surface area contributed by atoms with Crippen molar-refractivity contribution in [2.75, 3.05) is 0 Å². The van der Waals surface area contributed by atoms with Crippen LogP contribution in [0.4, 0.5) is 4.39 Å². The summed E-state index contributed by atoms with van der Waals surface area (Å²) < 4.78 is 13.5. The van der Waals surface area contributed by atoms with Gasteiger partial charge in [0.25, 0.3) is 0 Å². The lowest BCUT2D eigenvalue weighted by molar-refractivity contribution is 0.620. The van der Waals surface area contributed by atoms with Crippen LogP contribution in [-0.2, 0) is 0 Å². The van der Waals surface area contributed by atoms with Gasteiger partial charge in [0.05, 0.1) is 0 Å². The van der Waals surface area contributed by atoms with Gasteiger partial charge in [0, 0.05) is 10.6 Å². The highest BCUT2D eigenvalue weighted by Crippen LogP contribution is 2.30. The van der Waals surface area contributed by atoms with Crippen LogP contribution in [-0.4, -0.2) is 4.98 Å².